The highest BCUT2D eigenvalue weighted by Gasteiger charge is 2.26. The summed E-state index contributed by atoms with van der Waals surface area (Å²) in [5, 5.41) is 7.21. The summed E-state index contributed by atoms with van der Waals surface area (Å²) in [6.07, 6.45) is 11.3. The van der Waals surface area contributed by atoms with E-state index in [1.807, 2.05) is 27.9 Å². The fraction of sp³-hybridized carbons (Fsp3) is 0.500. The Bertz CT molecular complexity index is 565. The van der Waals surface area contributed by atoms with Crippen LogP contribution in [-0.4, -0.2) is 33.3 Å². The topological polar surface area (TPSA) is 63.3 Å². The molecule has 0 saturated carbocycles. The SMILES string of the molecule is O=C(NCc1ccoc1)N1CCCC[C@H]1CCn1cccn1. The van der Waals surface area contributed by atoms with Crippen molar-refractivity contribution in [3.8, 4) is 0 Å². The van der Waals surface area contributed by atoms with Crippen molar-refractivity contribution < 1.29 is 9.21 Å². The van der Waals surface area contributed by atoms with Crippen LogP contribution in [0.3, 0.4) is 0 Å². The lowest BCUT2D eigenvalue weighted by molar-refractivity contribution is 0.143. The predicted octanol–water partition coefficient (Wildman–Crippen LogP) is 2.63. The van der Waals surface area contributed by atoms with Gasteiger partial charge in [0, 0.05) is 43.6 Å². The maximum Gasteiger partial charge on any atom is 0.317 e. The van der Waals surface area contributed by atoms with Gasteiger partial charge < -0.3 is 14.6 Å². The van der Waals surface area contributed by atoms with Crippen LogP contribution in [0.1, 0.15) is 31.2 Å². The molecule has 6 heteroatoms. The lowest BCUT2D eigenvalue weighted by Gasteiger charge is -2.35. The number of hydrogen-bond donors (Lipinski definition) is 1. The van der Waals surface area contributed by atoms with Crippen molar-refractivity contribution >= 4 is 6.03 Å². The van der Waals surface area contributed by atoms with Crippen LogP contribution in [0, 0.1) is 0 Å². The van der Waals surface area contributed by atoms with Crippen molar-refractivity contribution in [3.05, 3.63) is 42.6 Å². The van der Waals surface area contributed by atoms with Gasteiger partial charge in [-0.25, -0.2) is 4.79 Å². The molecule has 1 saturated heterocycles. The lowest BCUT2D eigenvalue weighted by Crippen LogP contribution is -2.48. The van der Waals surface area contributed by atoms with Crippen LogP contribution in [-0.2, 0) is 13.1 Å². The maximum absolute atomic E-state index is 12.4. The number of furan rings is 1. The van der Waals surface area contributed by atoms with E-state index in [4.69, 9.17) is 4.42 Å². The molecule has 6 nitrogen and oxygen atoms in total. The summed E-state index contributed by atoms with van der Waals surface area (Å²) in [6.45, 7) is 2.20. The van der Waals surface area contributed by atoms with Gasteiger partial charge in [0.25, 0.3) is 0 Å². The number of hydrogen-bond acceptors (Lipinski definition) is 3. The highest BCUT2D eigenvalue weighted by Crippen LogP contribution is 2.20. The van der Waals surface area contributed by atoms with E-state index in [0.29, 0.717) is 12.6 Å². The molecule has 118 valence electrons. The summed E-state index contributed by atoms with van der Waals surface area (Å²) in [5.74, 6) is 0. The smallest absolute Gasteiger partial charge is 0.317 e. The second-order valence-electron chi connectivity index (χ2n) is 5.69. The average Bonchev–Trinajstić information content (AvgIpc) is 3.24. The number of likely N-dealkylation sites (tertiary alicyclic amines) is 1. The van der Waals surface area contributed by atoms with Crippen molar-refractivity contribution in [3.63, 3.8) is 0 Å². The van der Waals surface area contributed by atoms with Crippen LogP contribution in [0.25, 0.3) is 0 Å². The average molecular weight is 302 g/mol. The standard InChI is InChI=1S/C16H22N4O2/c21-16(17-12-14-6-11-22-13-14)20-9-2-1-4-15(20)5-10-19-8-3-7-18-19/h3,6-8,11,13,15H,1-2,4-5,9-10,12H2,(H,17,21)/t15-/m0/s1. The fourth-order valence-electron chi connectivity index (χ4n) is 2.95. The van der Waals surface area contributed by atoms with Crippen LogP contribution in [0.2, 0.25) is 0 Å². The van der Waals surface area contributed by atoms with E-state index in [1.165, 1.54) is 6.42 Å². The molecule has 1 fully saturated rings. The van der Waals surface area contributed by atoms with E-state index in [2.05, 4.69) is 10.4 Å². The molecule has 3 rings (SSSR count). The van der Waals surface area contributed by atoms with Gasteiger partial charge in [0.2, 0.25) is 0 Å². The Morgan fingerprint density at radius 2 is 2.41 bits per heavy atom. The van der Waals surface area contributed by atoms with Crippen molar-refractivity contribution in [1.29, 1.82) is 0 Å². The number of rotatable bonds is 5. The number of piperidine rings is 1. The molecule has 0 bridgehead atoms. The molecule has 0 spiro atoms. The van der Waals surface area contributed by atoms with Crippen molar-refractivity contribution in [2.45, 2.75) is 44.8 Å². The third-order valence-electron chi connectivity index (χ3n) is 4.16. The third kappa shape index (κ3) is 3.69. The van der Waals surface area contributed by atoms with Gasteiger partial charge in [-0.1, -0.05) is 0 Å². The molecular formula is C16H22N4O2. The van der Waals surface area contributed by atoms with E-state index in [0.717, 1.165) is 37.9 Å². The zero-order valence-corrected chi connectivity index (χ0v) is 12.6. The predicted molar refractivity (Wildman–Crippen MR) is 82.1 cm³/mol. The molecule has 0 aromatic carbocycles. The van der Waals surface area contributed by atoms with E-state index in [1.54, 1.807) is 18.7 Å². The van der Waals surface area contributed by atoms with E-state index in [9.17, 15) is 4.79 Å². The van der Waals surface area contributed by atoms with Gasteiger partial charge in [-0.3, -0.25) is 4.68 Å². The Hall–Kier alpha value is -2.24. The molecule has 0 unspecified atom stereocenters. The maximum atomic E-state index is 12.4. The van der Waals surface area contributed by atoms with Crippen LogP contribution >= 0.6 is 0 Å². The van der Waals surface area contributed by atoms with Gasteiger partial charge in [0.05, 0.1) is 12.5 Å². The number of nitrogens with one attached hydrogen (secondary N) is 1. The van der Waals surface area contributed by atoms with Gasteiger partial charge >= 0.3 is 6.03 Å². The number of carbonyl (C=O) groups excluding carboxylic acids is 1. The number of amides is 2. The van der Waals surface area contributed by atoms with Gasteiger partial charge in [-0.2, -0.15) is 5.10 Å². The van der Waals surface area contributed by atoms with Gasteiger partial charge in [0.15, 0.2) is 0 Å². The van der Waals surface area contributed by atoms with Crippen LogP contribution in [0.15, 0.2) is 41.5 Å². The summed E-state index contributed by atoms with van der Waals surface area (Å²) in [6, 6.07) is 4.11. The zero-order chi connectivity index (χ0) is 15.2. The lowest BCUT2D eigenvalue weighted by atomic mass is 10.00. The van der Waals surface area contributed by atoms with Crippen molar-refractivity contribution in [1.82, 2.24) is 20.0 Å². The highest BCUT2D eigenvalue weighted by atomic mass is 16.3. The molecule has 0 aliphatic carbocycles. The van der Waals surface area contributed by atoms with Gasteiger partial charge in [-0.05, 0) is 37.8 Å². The van der Waals surface area contributed by atoms with Crippen molar-refractivity contribution in [2.75, 3.05) is 6.54 Å². The highest BCUT2D eigenvalue weighted by molar-refractivity contribution is 5.74. The molecule has 3 heterocycles. The number of carbonyl (C=O) groups is 1. The summed E-state index contributed by atoms with van der Waals surface area (Å²) >= 11 is 0. The Kier molecular flexibility index (Phi) is 4.78. The molecule has 2 aromatic heterocycles. The number of aryl methyl sites for hydroxylation is 1. The Balaban J connectivity index is 1.53. The second kappa shape index (κ2) is 7.15. The number of nitrogens with zero attached hydrogens (tertiary/aromatic N) is 3. The second-order valence-corrected chi connectivity index (χ2v) is 5.69. The summed E-state index contributed by atoms with van der Waals surface area (Å²) < 4.78 is 6.95. The largest absolute Gasteiger partial charge is 0.472 e. The first kappa shape index (κ1) is 14.7. The minimum absolute atomic E-state index is 0.0198. The normalized spacial score (nSPS) is 18.4. The van der Waals surface area contributed by atoms with E-state index in [-0.39, 0.29) is 6.03 Å². The zero-order valence-electron chi connectivity index (χ0n) is 12.6. The first-order valence-corrected chi connectivity index (χ1v) is 7.86. The van der Waals surface area contributed by atoms with E-state index >= 15 is 0 Å². The molecule has 1 N–H and O–H groups in total. The first-order chi connectivity index (χ1) is 10.8. The van der Waals surface area contributed by atoms with Crippen LogP contribution in [0.4, 0.5) is 4.79 Å². The molecule has 22 heavy (non-hydrogen) atoms. The molecule has 1 atom stereocenters. The Labute approximate surface area is 130 Å². The van der Waals surface area contributed by atoms with Crippen LogP contribution < -0.4 is 5.32 Å². The first-order valence-electron chi connectivity index (χ1n) is 7.86. The quantitative estimate of drug-likeness (QED) is 0.923. The summed E-state index contributed by atoms with van der Waals surface area (Å²) in [4.78, 5) is 14.4. The molecule has 2 amide bonds. The molecule has 0 radical (unpaired) electrons. The monoisotopic (exact) mass is 302 g/mol. The molecule has 1 aliphatic heterocycles. The van der Waals surface area contributed by atoms with Gasteiger partial charge in [-0.15, -0.1) is 0 Å². The molecule has 2 aromatic rings. The summed E-state index contributed by atoms with van der Waals surface area (Å²) in [5.41, 5.74) is 0.985. The third-order valence-corrected chi connectivity index (χ3v) is 4.16. The fourth-order valence-corrected chi connectivity index (χ4v) is 2.95. The molecule has 1 aliphatic rings. The van der Waals surface area contributed by atoms with Crippen LogP contribution in [0.5, 0.6) is 0 Å². The van der Waals surface area contributed by atoms with E-state index < -0.39 is 0 Å². The Morgan fingerprint density at radius 1 is 1.45 bits per heavy atom. The minimum atomic E-state index is 0.0198. The summed E-state index contributed by atoms with van der Waals surface area (Å²) in [7, 11) is 0. The van der Waals surface area contributed by atoms with Crippen molar-refractivity contribution in [2.24, 2.45) is 0 Å². The Morgan fingerprint density at radius 3 is 3.18 bits per heavy atom. The van der Waals surface area contributed by atoms with Gasteiger partial charge in [0.1, 0.15) is 0 Å². The minimum Gasteiger partial charge on any atom is -0.472 e. The number of urea groups is 1. The molecular weight excluding hydrogens is 280 g/mol. The number of aromatic nitrogens is 2.